The van der Waals surface area contributed by atoms with Crippen molar-refractivity contribution in [3.8, 4) is 6.07 Å². The molecule has 4 nitrogen and oxygen atoms in total. The molecule has 2 aromatic rings. The molecule has 0 bridgehead atoms. The van der Waals surface area contributed by atoms with E-state index >= 15 is 0 Å². The van der Waals surface area contributed by atoms with E-state index in [0.717, 1.165) is 31.7 Å². The van der Waals surface area contributed by atoms with Crippen LogP contribution in [0.5, 0.6) is 0 Å². The average molecular weight is 324 g/mol. The largest absolute Gasteiger partial charge is 0.381 e. The predicted molar refractivity (Wildman–Crippen MR) is 91.8 cm³/mol. The van der Waals surface area contributed by atoms with Gasteiger partial charge in [0.2, 0.25) is 0 Å². The molecule has 1 aliphatic rings. The predicted octanol–water partition coefficient (Wildman–Crippen LogP) is 3.41. The highest BCUT2D eigenvalue weighted by Crippen LogP contribution is 2.25. The van der Waals surface area contributed by atoms with Crippen LogP contribution in [0.2, 0.25) is 0 Å². The third kappa shape index (κ3) is 3.72. The molecule has 1 fully saturated rings. The van der Waals surface area contributed by atoms with Gasteiger partial charge < -0.3 is 5.32 Å². The molecule has 0 spiro atoms. The van der Waals surface area contributed by atoms with Gasteiger partial charge in [-0.15, -0.1) is 0 Å². The summed E-state index contributed by atoms with van der Waals surface area (Å²) in [5, 5.41) is 12.5. The van der Waals surface area contributed by atoms with Crippen molar-refractivity contribution < 1.29 is 4.39 Å². The van der Waals surface area contributed by atoms with Crippen LogP contribution in [0, 0.1) is 23.1 Å². The lowest BCUT2D eigenvalue weighted by Crippen LogP contribution is -2.45. The molecule has 2 atom stereocenters. The molecule has 0 saturated carbocycles. The Morgan fingerprint density at radius 1 is 1.33 bits per heavy atom. The second-order valence-electron chi connectivity index (χ2n) is 6.35. The zero-order valence-electron chi connectivity index (χ0n) is 13.7. The van der Waals surface area contributed by atoms with E-state index < -0.39 is 5.82 Å². The normalized spacial score (nSPS) is 21.2. The van der Waals surface area contributed by atoms with Crippen LogP contribution in [-0.2, 0) is 6.54 Å². The molecule has 0 radical (unpaired) electrons. The van der Waals surface area contributed by atoms with Crippen molar-refractivity contribution in [2.45, 2.75) is 25.9 Å². The summed E-state index contributed by atoms with van der Waals surface area (Å²) < 4.78 is 13.7. The maximum Gasteiger partial charge on any atom is 0.143 e. The summed E-state index contributed by atoms with van der Waals surface area (Å²) in [4.78, 5) is 6.77. The SMILES string of the molecule is C[C@H]1CN(Cc2ccccn2)CC[C@H]1Nc1cccc(F)c1C#N. The first-order chi connectivity index (χ1) is 11.7. The Morgan fingerprint density at radius 2 is 2.21 bits per heavy atom. The Bertz CT molecular complexity index is 726. The topological polar surface area (TPSA) is 52.0 Å². The van der Waals surface area contributed by atoms with Crippen LogP contribution in [0.4, 0.5) is 10.1 Å². The minimum Gasteiger partial charge on any atom is -0.381 e. The summed E-state index contributed by atoms with van der Waals surface area (Å²) in [6, 6.07) is 12.9. The molecule has 0 amide bonds. The van der Waals surface area contributed by atoms with Crippen LogP contribution in [0.25, 0.3) is 0 Å². The Balaban J connectivity index is 1.62. The van der Waals surface area contributed by atoms with E-state index in [-0.39, 0.29) is 11.6 Å². The van der Waals surface area contributed by atoms with Crippen LogP contribution >= 0.6 is 0 Å². The van der Waals surface area contributed by atoms with Crippen molar-refractivity contribution in [3.05, 3.63) is 59.7 Å². The molecular formula is C19H21FN4. The third-order valence-electron chi connectivity index (χ3n) is 4.57. The van der Waals surface area contributed by atoms with Crippen LogP contribution < -0.4 is 5.32 Å². The van der Waals surface area contributed by atoms with Crippen LogP contribution in [0.3, 0.4) is 0 Å². The fourth-order valence-corrected chi connectivity index (χ4v) is 3.27. The van der Waals surface area contributed by atoms with Crippen LogP contribution in [0.1, 0.15) is 24.6 Å². The molecule has 24 heavy (non-hydrogen) atoms. The van der Waals surface area contributed by atoms with Gasteiger partial charge in [-0.2, -0.15) is 5.26 Å². The molecule has 0 aliphatic carbocycles. The van der Waals surface area contributed by atoms with Gasteiger partial charge in [-0.1, -0.05) is 19.1 Å². The van der Waals surface area contributed by atoms with E-state index in [9.17, 15) is 4.39 Å². The fourth-order valence-electron chi connectivity index (χ4n) is 3.27. The van der Waals surface area contributed by atoms with Crippen molar-refractivity contribution in [3.63, 3.8) is 0 Å². The highest BCUT2D eigenvalue weighted by Gasteiger charge is 2.27. The molecule has 1 aromatic carbocycles. The lowest BCUT2D eigenvalue weighted by Gasteiger charge is -2.37. The molecule has 1 saturated heterocycles. The number of benzene rings is 1. The first kappa shape index (κ1) is 16.4. The average Bonchev–Trinajstić information content (AvgIpc) is 2.58. The van der Waals surface area contributed by atoms with Crippen molar-refractivity contribution >= 4 is 5.69 Å². The van der Waals surface area contributed by atoms with Gasteiger partial charge in [0.05, 0.1) is 11.4 Å². The van der Waals surface area contributed by atoms with Gasteiger partial charge >= 0.3 is 0 Å². The number of nitrogens with zero attached hydrogens (tertiary/aromatic N) is 3. The quantitative estimate of drug-likeness (QED) is 0.936. The maximum absolute atomic E-state index is 13.7. The van der Waals surface area contributed by atoms with E-state index in [1.807, 2.05) is 30.5 Å². The van der Waals surface area contributed by atoms with Gasteiger partial charge in [0.1, 0.15) is 17.4 Å². The molecule has 0 unspecified atom stereocenters. The monoisotopic (exact) mass is 324 g/mol. The summed E-state index contributed by atoms with van der Waals surface area (Å²) in [6.07, 6.45) is 2.77. The molecular weight excluding hydrogens is 303 g/mol. The van der Waals surface area contributed by atoms with E-state index in [2.05, 4.69) is 22.1 Å². The molecule has 2 heterocycles. The van der Waals surface area contributed by atoms with Gasteiger partial charge in [-0.25, -0.2) is 4.39 Å². The second kappa shape index (κ2) is 7.41. The van der Waals surface area contributed by atoms with Crippen molar-refractivity contribution in [1.29, 1.82) is 5.26 Å². The fraction of sp³-hybridized carbons (Fsp3) is 0.368. The Labute approximate surface area is 141 Å². The number of nitriles is 1. The van der Waals surface area contributed by atoms with Crippen LogP contribution in [-0.4, -0.2) is 29.0 Å². The number of nitrogens with one attached hydrogen (secondary N) is 1. The maximum atomic E-state index is 13.7. The minimum atomic E-state index is -0.470. The molecule has 5 heteroatoms. The highest BCUT2D eigenvalue weighted by atomic mass is 19.1. The zero-order chi connectivity index (χ0) is 16.9. The standard InChI is InChI=1S/C19H21FN4/c1-14-12-24(13-15-5-2-3-9-22-15)10-8-18(14)23-19-7-4-6-17(20)16(19)11-21/h2-7,9,14,18,23H,8,10,12-13H2,1H3/t14-,18+/m0/s1. The number of piperidine rings is 1. The Hall–Kier alpha value is -2.45. The van der Waals surface area contributed by atoms with Gasteiger partial charge in [-0.05, 0) is 36.6 Å². The number of halogens is 1. The van der Waals surface area contributed by atoms with E-state index in [1.165, 1.54) is 6.07 Å². The zero-order valence-corrected chi connectivity index (χ0v) is 13.7. The number of rotatable bonds is 4. The minimum absolute atomic E-state index is 0.0978. The number of pyridine rings is 1. The summed E-state index contributed by atoms with van der Waals surface area (Å²) in [5.41, 5.74) is 1.76. The summed E-state index contributed by atoms with van der Waals surface area (Å²) in [5.74, 6) is -0.0694. The summed E-state index contributed by atoms with van der Waals surface area (Å²) in [7, 11) is 0. The Morgan fingerprint density at radius 3 is 2.92 bits per heavy atom. The second-order valence-corrected chi connectivity index (χ2v) is 6.35. The highest BCUT2D eigenvalue weighted by molar-refractivity contribution is 5.58. The van der Waals surface area contributed by atoms with Crippen LogP contribution in [0.15, 0.2) is 42.6 Å². The lowest BCUT2D eigenvalue weighted by molar-refractivity contribution is 0.163. The molecule has 1 aliphatic heterocycles. The number of aromatic nitrogens is 1. The van der Waals surface area contributed by atoms with Gasteiger partial charge in [0.25, 0.3) is 0 Å². The van der Waals surface area contributed by atoms with Gasteiger partial charge in [0.15, 0.2) is 0 Å². The van der Waals surface area contributed by atoms with Gasteiger partial charge in [-0.3, -0.25) is 9.88 Å². The van der Waals surface area contributed by atoms with E-state index in [4.69, 9.17) is 5.26 Å². The lowest BCUT2D eigenvalue weighted by atomic mass is 9.93. The smallest absolute Gasteiger partial charge is 0.143 e. The Kier molecular flexibility index (Phi) is 5.07. The summed E-state index contributed by atoms with van der Waals surface area (Å²) >= 11 is 0. The van der Waals surface area contributed by atoms with Crippen molar-refractivity contribution in [2.75, 3.05) is 18.4 Å². The number of likely N-dealkylation sites (tertiary alicyclic amines) is 1. The van der Waals surface area contributed by atoms with E-state index in [1.54, 1.807) is 12.1 Å². The number of hydrogen-bond acceptors (Lipinski definition) is 4. The molecule has 1 N–H and O–H groups in total. The number of anilines is 1. The first-order valence-electron chi connectivity index (χ1n) is 8.25. The van der Waals surface area contributed by atoms with Crippen molar-refractivity contribution in [1.82, 2.24) is 9.88 Å². The molecule has 3 rings (SSSR count). The van der Waals surface area contributed by atoms with E-state index in [0.29, 0.717) is 11.6 Å². The molecule has 1 aromatic heterocycles. The summed E-state index contributed by atoms with van der Waals surface area (Å²) in [6.45, 7) is 4.94. The van der Waals surface area contributed by atoms with Crippen molar-refractivity contribution in [2.24, 2.45) is 5.92 Å². The third-order valence-corrected chi connectivity index (χ3v) is 4.57. The molecule has 124 valence electrons. The first-order valence-corrected chi connectivity index (χ1v) is 8.25. The van der Waals surface area contributed by atoms with Gasteiger partial charge in [0, 0.05) is 31.9 Å². The number of hydrogen-bond donors (Lipinski definition) is 1.